The highest BCUT2D eigenvalue weighted by molar-refractivity contribution is 6.30. The molecule has 0 radical (unpaired) electrons. The number of hydrogen-bond acceptors (Lipinski definition) is 4. The predicted octanol–water partition coefficient (Wildman–Crippen LogP) is 3.48. The van der Waals surface area contributed by atoms with Gasteiger partial charge in [-0.05, 0) is 82.3 Å². The van der Waals surface area contributed by atoms with Crippen molar-refractivity contribution >= 4 is 17.3 Å². The fraction of sp³-hybridized carbons (Fsp3) is 0.727. The van der Waals surface area contributed by atoms with E-state index in [1.54, 1.807) is 0 Å². The van der Waals surface area contributed by atoms with E-state index in [0.29, 0.717) is 12.5 Å². The maximum absolute atomic E-state index is 9.38. The zero-order valence-corrected chi connectivity index (χ0v) is 17.2. The molecule has 150 valence electrons. The second kappa shape index (κ2) is 9.13. The molecule has 4 rings (SSSR count). The third-order valence-electron chi connectivity index (χ3n) is 7.01. The molecule has 3 saturated heterocycles. The van der Waals surface area contributed by atoms with Crippen LogP contribution < -0.4 is 4.90 Å². The first-order valence-electron chi connectivity index (χ1n) is 10.8. The van der Waals surface area contributed by atoms with Crippen molar-refractivity contribution < 1.29 is 5.11 Å². The van der Waals surface area contributed by atoms with Gasteiger partial charge in [-0.15, -0.1) is 0 Å². The summed E-state index contributed by atoms with van der Waals surface area (Å²) in [6.45, 7) is 7.50. The largest absolute Gasteiger partial charge is 0.396 e. The Balaban J connectivity index is 1.28. The van der Waals surface area contributed by atoms with Crippen molar-refractivity contribution in [2.75, 3.05) is 50.8 Å². The fourth-order valence-electron chi connectivity index (χ4n) is 5.28. The number of nitrogens with zero attached hydrogens (tertiary/aromatic N) is 3. The molecule has 3 aliphatic heterocycles. The normalized spacial score (nSPS) is 27.2. The molecular formula is C22H34ClN3O. The molecule has 1 N–H and O–H groups in total. The van der Waals surface area contributed by atoms with Gasteiger partial charge in [0.1, 0.15) is 0 Å². The number of rotatable bonds is 4. The molecular weight excluding hydrogens is 358 g/mol. The number of aliphatic hydroxyl groups is 1. The van der Waals surface area contributed by atoms with Gasteiger partial charge in [-0.1, -0.05) is 17.7 Å². The first-order chi connectivity index (χ1) is 13.2. The van der Waals surface area contributed by atoms with Gasteiger partial charge < -0.3 is 10.0 Å². The Hall–Kier alpha value is -0.810. The summed E-state index contributed by atoms with van der Waals surface area (Å²) < 4.78 is 0. The van der Waals surface area contributed by atoms with Crippen LogP contribution in [0, 0.1) is 5.92 Å². The summed E-state index contributed by atoms with van der Waals surface area (Å²) in [5, 5.41) is 10.2. The van der Waals surface area contributed by atoms with E-state index in [0.717, 1.165) is 30.2 Å². The lowest BCUT2D eigenvalue weighted by Gasteiger charge is -2.46. The van der Waals surface area contributed by atoms with Crippen LogP contribution in [0.5, 0.6) is 0 Å². The van der Waals surface area contributed by atoms with E-state index in [1.165, 1.54) is 70.4 Å². The number of aliphatic hydroxyl groups excluding tert-OH is 1. The van der Waals surface area contributed by atoms with Crippen molar-refractivity contribution in [1.29, 1.82) is 0 Å². The van der Waals surface area contributed by atoms with Crippen LogP contribution in [0.1, 0.15) is 38.5 Å². The molecule has 3 heterocycles. The van der Waals surface area contributed by atoms with Gasteiger partial charge in [-0.3, -0.25) is 9.80 Å². The molecule has 1 atom stereocenters. The van der Waals surface area contributed by atoms with Crippen LogP contribution in [0.2, 0.25) is 5.02 Å². The highest BCUT2D eigenvalue weighted by atomic mass is 35.5. The molecule has 0 bridgehead atoms. The van der Waals surface area contributed by atoms with Crippen LogP contribution in [0.3, 0.4) is 0 Å². The fourth-order valence-corrected chi connectivity index (χ4v) is 5.46. The SMILES string of the molecule is OCC1CCN([C@H]2CCCN(C3CCN(c4cccc(Cl)c4)CC3)C2)CC1. The Morgan fingerprint density at radius 1 is 0.889 bits per heavy atom. The molecule has 0 spiro atoms. The summed E-state index contributed by atoms with van der Waals surface area (Å²) in [4.78, 5) is 7.98. The van der Waals surface area contributed by atoms with Gasteiger partial charge in [-0.25, -0.2) is 0 Å². The van der Waals surface area contributed by atoms with Crippen LogP contribution in [-0.2, 0) is 0 Å². The zero-order chi connectivity index (χ0) is 18.6. The standard InChI is InChI=1S/C22H34ClN3O/c23-19-3-1-4-21(15-19)24-13-8-20(9-14-24)26-10-2-5-22(16-26)25-11-6-18(17-27)7-12-25/h1,3-4,15,18,20,22,27H,2,5-14,16-17H2/t22-/m0/s1. The Labute approximate surface area is 169 Å². The maximum atomic E-state index is 9.38. The summed E-state index contributed by atoms with van der Waals surface area (Å²) in [5.74, 6) is 0.539. The Bertz CT molecular complexity index is 597. The van der Waals surface area contributed by atoms with Crippen molar-refractivity contribution in [3.8, 4) is 0 Å². The van der Waals surface area contributed by atoms with Gasteiger partial charge in [-0.2, -0.15) is 0 Å². The van der Waals surface area contributed by atoms with Gasteiger partial charge in [0.15, 0.2) is 0 Å². The van der Waals surface area contributed by atoms with Crippen molar-refractivity contribution in [3.05, 3.63) is 29.3 Å². The first-order valence-corrected chi connectivity index (χ1v) is 11.2. The van der Waals surface area contributed by atoms with Crippen LogP contribution in [0.4, 0.5) is 5.69 Å². The Morgan fingerprint density at radius 2 is 1.67 bits per heavy atom. The molecule has 0 saturated carbocycles. The summed E-state index contributed by atoms with van der Waals surface area (Å²) in [6, 6.07) is 9.74. The van der Waals surface area contributed by atoms with Crippen molar-refractivity contribution in [3.63, 3.8) is 0 Å². The second-order valence-corrected chi connectivity index (χ2v) is 9.09. The third-order valence-corrected chi connectivity index (χ3v) is 7.24. The number of likely N-dealkylation sites (tertiary alicyclic amines) is 2. The first kappa shape index (κ1) is 19.5. The molecule has 1 aromatic rings. The highest BCUT2D eigenvalue weighted by Gasteiger charge is 2.32. The van der Waals surface area contributed by atoms with Gasteiger partial charge in [0.05, 0.1) is 0 Å². The van der Waals surface area contributed by atoms with Crippen molar-refractivity contribution in [1.82, 2.24) is 9.80 Å². The van der Waals surface area contributed by atoms with E-state index in [9.17, 15) is 5.11 Å². The van der Waals surface area contributed by atoms with Crippen LogP contribution in [0.25, 0.3) is 0 Å². The minimum atomic E-state index is 0.371. The number of piperidine rings is 3. The Kier molecular flexibility index (Phi) is 6.59. The Morgan fingerprint density at radius 3 is 2.37 bits per heavy atom. The topological polar surface area (TPSA) is 30.0 Å². The van der Waals surface area contributed by atoms with Gasteiger partial charge in [0, 0.05) is 49.0 Å². The molecule has 4 nitrogen and oxygen atoms in total. The van der Waals surface area contributed by atoms with E-state index in [1.807, 2.05) is 6.07 Å². The second-order valence-electron chi connectivity index (χ2n) is 8.65. The molecule has 1 aromatic carbocycles. The highest BCUT2D eigenvalue weighted by Crippen LogP contribution is 2.28. The van der Waals surface area contributed by atoms with E-state index in [2.05, 4.69) is 32.9 Å². The minimum Gasteiger partial charge on any atom is -0.396 e. The summed E-state index contributed by atoms with van der Waals surface area (Å²) in [5.41, 5.74) is 1.27. The van der Waals surface area contributed by atoms with Gasteiger partial charge >= 0.3 is 0 Å². The smallest absolute Gasteiger partial charge is 0.0460 e. The lowest BCUT2D eigenvalue weighted by atomic mass is 9.93. The summed E-state index contributed by atoms with van der Waals surface area (Å²) in [7, 11) is 0. The monoisotopic (exact) mass is 391 g/mol. The average Bonchev–Trinajstić information content (AvgIpc) is 2.74. The van der Waals surface area contributed by atoms with E-state index in [-0.39, 0.29) is 0 Å². The van der Waals surface area contributed by atoms with Crippen LogP contribution in [0.15, 0.2) is 24.3 Å². The molecule has 3 fully saturated rings. The van der Waals surface area contributed by atoms with Gasteiger partial charge in [0.25, 0.3) is 0 Å². The number of anilines is 1. The molecule has 0 aliphatic carbocycles. The quantitative estimate of drug-likeness (QED) is 0.851. The van der Waals surface area contributed by atoms with Crippen molar-refractivity contribution in [2.45, 2.75) is 50.6 Å². The number of benzene rings is 1. The molecule has 3 aliphatic rings. The molecule has 5 heteroatoms. The van der Waals surface area contributed by atoms with Crippen molar-refractivity contribution in [2.24, 2.45) is 5.92 Å². The number of hydrogen-bond donors (Lipinski definition) is 1. The molecule has 27 heavy (non-hydrogen) atoms. The van der Waals surface area contributed by atoms with Crippen LogP contribution >= 0.6 is 11.6 Å². The summed E-state index contributed by atoms with van der Waals surface area (Å²) >= 11 is 6.17. The molecule has 0 aromatic heterocycles. The lowest BCUT2D eigenvalue weighted by Crippen LogP contribution is -2.54. The zero-order valence-electron chi connectivity index (χ0n) is 16.4. The third kappa shape index (κ3) is 4.79. The van der Waals surface area contributed by atoms with Crippen LogP contribution in [-0.4, -0.2) is 72.9 Å². The molecule has 0 unspecified atom stereocenters. The van der Waals surface area contributed by atoms with E-state index in [4.69, 9.17) is 11.6 Å². The van der Waals surface area contributed by atoms with E-state index < -0.39 is 0 Å². The molecule has 0 amide bonds. The number of halogens is 1. The van der Waals surface area contributed by atoms with Gasteiger partial charge in [0.2, 0.25) is 0 Å². The predicted molar refractivity (Wildman–Crippen MR) is 113 cm³/mol. The maximum Gasteiger partial charge on any atom is 0.0460 e. The summed E-state index contributed by atoms with van der Waals surface area (Å²) in [6.07, 6.45) is 7.54. The van der Waals surface area contributed by atoms with E-state index >= 15 is 0 Å². The minimum absolute atomic E-state index is 0.371. The lowest BCUT2D eigenvalue weighted by molar-refractivity contribution is 0.0368. The average molecular weight is 392 g/mol.